The number of likely N-dealkylation sites (N-methyl/N-ethyl adjacent to an activating group) is 1. The Morgan fingerprint density at radius 2 is 1.90 bits per heavy atom. The normalized spacial score (nSPS) is 26.3. The van der Waals surface area contributed by atoms with Gasteiger partial charge in [-0.15, -0.1) is 22.9 Å². The molecular formula is C30H38ClN5O4S. The first-order valence-corrected chi connectivity index (χ1v) is 16.0. The maximum absolute atomic E-state index is 13.9. The Balaban J connectivity index is 1.19. The number of hydrogen-bond acceptors (Lipinski definition) is 8. The summed E-state index contributed by atoms with van der Waals surface area (Å²) in [5.41, 5.74) is 3.36. The number of halogens is 1. The number of nitrogens with zero attached hydrogens (tertiary/aromatic N) is 4. The lowest BCUT2D eigenvalue weighted by molar-refractivity contribution is -0.139. The van der Waals surface area contributed by atoms with E-state index in [0.717, 1.165) is 80.2 Å². The molecule has 1 saturated carbocycles. The summed E-state index contributed by atoms with van der Waals surface area (Å²) >= 11 is 8.13. The summed E-state index contributed by atoms with van der Waals surface area (Å²) in [7, 11) is 2.14. The summed E-state index contributed by atoms with van der Waals surface area (Å²) in [5, 5.41) is 5.75. The molecule has 1 N–H and O–H groups in total. The van der Waals surface area contributed by atoms with Crippen molar-refractivity contribution in [1.82, 2.24) is 20.1 Å². The van der Waals surface area contributed by atoms with E-state index in [-0.39, 0.29) is 36.7 Å². The number of benzene rings is 1. The van der Waals surface area contributed by atoms with Gasteiger partial charge in [0.05, 0.1) is 11.1 Å². The van der Waals surface area contributed by atoms with Crippen molar-refractivity contribution in [3.05, 3.63) is 34.7 Å². The predicted octanol–water partition coefficient (Wildman–Crippen LogP) is 3.34. The van der Waals surface area contributed by atoms with Crippen molar-refractivity contribution in [3.63, 3.8) is 0 Å². The van der Waals surface area contributed by atoms with E-state index in [1.165, 1.54) is 0 Å². The van der Waals surface area contributed by atoms with Crippen molar-refractivity contribution in [2.45, 2.75) is 62.6 Å². The summed E-state index contributed by atoms with van der Waals surface area (Å²) < 4.78 is 5.59. The molecule has 0 radical (unpaired) electrons. The molecule has 1 aromatic carbocycles. The standard InChI is InChI=1S/C30H38ClN5O4S/c1-18-14-20(8-9-21(18)23-17-41-30(32-23)35-12-10-34(2)11-13-35)28(38)33-25(19-6-4-3-5-7-19)29(39)36-15-22(31)27-26(36)24(37)16-40-27/h8-9,14,17,19,22,25-27H,3-7,10-13,15-16H2,1-2H3,(H,33,38). The molecule has 11 heteroatoms. The third-order valence-electron chi connectivity index (χ3n) is 9.11. The molecule has 4 unspecified atom stereocenters. The van der Waals surface area contributed by atoms with Crippen LogP contribution in [0.2, 0.25) is 0 Å². The summed E-state index contributed by atoms with van der Waals surface area (Å²) in [4.78, 5) is 51.2. The monoisotopic (exact) mass is 599 g/mol. The highest BCUT2D eigenvalue weighted by Gasteiger charge is 2.53. The van der Waals surface area contributed by atoms with Gasteiger partial charge in [0.1, 0.15) is 24.8 Å². The number of carbonyl (C=O) groups is 3. The second-order valence-electron chi connectivity index (χ2n) is 11.9. The van der Waals surface area contributed by atoms with E-state index in [4.69, 9.17) is 21.3 Å². The Morgan fingerprint density at radius 1 is 1.15 bits per heavy atom. The number of ketones is 1. The Labute approximate surface area is 250 Å². The van der Waals surface area contributed by atoms with Crippen molar-refractivity contribution < 1.29 is 19.1 Å². The molecule has 6 rings (SSSR count). The zero-order valence-electron chi connectivity index (χ0n) is 23.7. The van der Waals surface area contributed by atoms with Gasteiger partial charge in [0.25, 0.3) is 5.91 Å². The van der Waals surface area contributed by atoms with Gasteiger partial charge in [0.2, 0.25) is 5.91 Å². The minimum absolute atomic E-state index is 0.0221. The number of hydrogen-bond donors (Lipinski definition) is 1. The highest BCUT2D eigenvalue weighted by Crippen LogP contribution is 2.34. The van der Waals surface area contributed by atoms with E-state index in [0.29, 0.717) is 5.56 Å². The number of thiazole rings is 1. The average molecular weight is 600 g/mol. The van der Waals surface area contributed by atoms with Crippen LogP contribution in [0.3, 0.4) is 0 Å². The lowest BCUT2D eigenvalue weighted by Gasteiger charge is -2.34. The van der Waals surface area contributed by atoms with Crippen LogP contribution >= 0.6 is 22.9 Å². The molecule has 0 spiro atoms. The molecule has 3 aliphatic heterocycles. The summed E-state index contributed by atoms with van der Waals surface area (Å²) in [6, 6.07) is 4.26. The number of likely N-dealkylation sites (tertiary alicyclic amines) is 1. The van der Waals surface area contributed by atoms with Crippen LogP contribution in [-0.4, -0.2) is 102 Å². The van der Waals surface area contributed by atoms with Crippen molar-refractivity contribution in [1.29, 1.82) is 0 Å². The SMILES string of the molecule is Cc1cc(C(=O)NC(C(=O)N2CC(Cl)C3OCC(=O)C32)C2CCCCC2)ccc1-c1csc(N2CCN(C)CC2)n1. The number of ether oxygens (including phenoxy) is 1. The van der Waals surface area contributed by atoms with Crippen LogP contribution in [0, 0.1) is 12.8 Å². The van der Waals surface area contributed by atoms with E-state index in [9.17, 15) is 14.4 Å². The van der Waals surface area contributed by atoms with Crippen LogP contribution < -0.4 is 10.2 Å². The fraction of sp³-hybridized carbons (Fsp3) is 0.600. The number of amides is 2. The van der Waals surface area contributed by atoms with Crippen molar-refractivity contribution >= 4 is 45.7 Å². The lowest BCUT2D eigenvalue weighted by atomic mass is 9.83. The molecule has 220 valence electrons. The quantitative estimate of drug-likeness (QED) is 0.509. The van der Waals surface area contributed by atoms with Gasteiger partial charge in [-0.3, -0.25) is 14.4 Å². The number of anilines is 1. The lowest BCUT2D eigenvalue weighted by Crippen LogP contribution is -2.55. The zero-order chi connectivity index (χ0) is 28.7. The number of nitrogens with one attached hydrogen (secondary N) is 1. The van der Waals surface area contributed by atoms with Gasteiger partial charge in [-0.05, 0) is 50.4 Å². The van der Waals surface area contributed by atoms with Crippen LogP contribution in [0.4, 0.5) is 5.13 Å². The van der Waals surface area contributed by atoms with Gasteiger partial charge in [-0.1, -0.05) is 25.3 Å². The fourth-order valence-corrected chi connectivity index (χ4v) is 7.94. The fourth-order valence-electron chi connectivity index (χ4n) is 6.70. The summed E-state index contributed by atoms with van der Waals surface area (Å²) in [6.07, 6.45) is 4.43. The molecule has 4 atom stereocenters. The largest absolute Gasteiger partial charge is 0.366 e. The minimum Gasteiger partial charge on any atom is -0.366 e. The molecule has 1 aliphatic carbocycles. The molecule has 41 heavy (non-hydrogen) atoms. The highest BCUT2D eigenvalue weighted by molar-refractivity contribution is 7.14. The highest BCUT2D eigenvalue weighted by atomic mass is 35.5. The van der Waals surface area contributed by atoms with Crippen LogP contribution in [-0.2, 0) is 14.3 Å². The van der Waals surface area contributed by atoms with E-state index >= 15 is 0 Å². The van der Waals surface area contributed by atoms with Gasteiger partial charge in [0, 0.05) is 49.2 Å². The molecule has 4 fully saturated rings. The Hall–Kier alpha value is -2.53. The number of alkyl halides is 1. The van der Waals surface area contributed by atoms with Crippen molar-refractivity contribution in [3.8, 4) is 11.3 Å². The molecule has 4 heterocycles. The number of fused-ring (bicyclic) bond motifs is 1. The number of aryl methyl sites for hydroxylation is 1. The molecule has 0 bridgehead atoms. The second-order valence-corrected chi connectivity index (χ2v) is 13.3. The van der Waals surface area contributed by atoms with E-state index < -0.39 is 23.6 Å². The topological polar surface area (TPSA) is 95.1 Å². The zero-order valence-corrected chi connectivity index (χ0v) is 25.3. The molecular weight excluding hydrogens is 562 g/mol. The van der Waals surface area contributed by atoms with Gasteiger partial charge >= 0.3 is 0 Å². The smallest absolute Gasteiger partial charge is 0.251 e. The van der Waals surface area contributed by atoms with Gasteiger partial charge < -0.3 is 24.8 Å². The maximum Gasteiger partial charge on any atom is 0.251 e. The average Bonchev–Trinajstić information content (AvgIpc) is 3.70. The number of aromatic nitrogens is 1. The van der Waals surface area contributed by atoms with E-state index in [1.54, 1.807) is 16.2 Å². The van der Waals surface area contributed by atoms with Crippen LogP contribution in [0.5, 0.6) is 0 Å². The van der Waals surface area contributed by atoms with Gasteiger partial charge in [0.15, 0.2) is 10.9 Å². The van der Waals surface area contributed by atoms with Crippen molar-refractivity contribution in [2.24, 2.45) is 5.92 Å². The minimum atomic E-state index is -0.705. The summed E-state index contributed by atoms with van der Waals surface area (Å²) in [5.74, 6) is -0.611. The van der Waals surface area contributed by atoms with Crippen molar-refractivity contribution in [2.75, 3.05) is 51.3 Å². The van der Waals surface area contributed by atoms with Crippen LogP contribution in [0.1, 0.15) is 48.0 Å². The molecule has 2 aromatic rings. The first kappa shape index (κ1) is 28.6. The first-order valence-electron chi connectivity index (χ1n) is 14.7. The van der Waals surface area contributed by atoms with Crippen LogP contribution in [0.25, 0.3) is 11.3 Å². The Morgan fingerprint density at radius 3 is 2.63 bits per heavy atom. The number of rotatable bonds is 6. The third-order valence-corrected chi connectivity index (χ3v) is 10.4. The molecule has 4 aliphatic rings. The Kier molecular flexibility index (Phi) is 8.36. The second kappa shape index (κ2) is 12.0. The van der Waals surface area contributed by atoms with E-state index in [1.807, 2.05) is 25.1 Å². The number of Topliss-reactive ketones (excluding diaryl/α,β-unsaturated/α-hetero) is 1. The van der Waals surface area contributed by atoms with Gasteiger partial charge in [-0.2, -0.15) is 0 Å². The molecule has 3 saturated heterocycles. The predicted molar refractivity (Wildman–Crippen MR) is 160 cm³/mol. The van der Waals surface area contributed by atoms with Gasteiger partial charge in [-0.25, -0.2) is 4.98 Å². The number of piperazine rings is 1. The molecule has 9 nitrogen and oxygen atoms in total. The first-order chi connectivity index (χ1) is 19.8. The molecule has 2 amide bonds. The maximum atomic E-state index is 13.9. The molecule has 1 aromatic heterocycles. The van der Waals surface area contributed by atoms with E-state index in [2.05, 4.69) is 27.5 Å². The van der Waals surface area contributed by atoms with Crippen LogP contribution in [0.15, 0.2) is 23.6 Å². The summed E-state index contributed by atoms with van der Waals surface area (Å²) in [6.45, 7) is 6.20. The Bertz CT molecular complexity index is 1310. The number of carbonyl (C=O) groups excluding carboxylic acids is 3. The third kappa shape index (κ3) is 5.76.